The number of rotatable bonds is 2. The van der Waals surface area contributed by atoms with E-state index in [-0.39, 0.29) is 11.5 Å². The number of carboxylic acid groups (broad SMARTS) is 2. The fourth-order valence-corrected chi connectivity index (χ4v) is 3.84. The second-order valence-corrected chi connectivity index (χ2v) is 8.62. The summed E-state index contributed by atoms with van der Waals surface area (Å²) in [6.07, 6.45) is -3.06. The van der Waals surface area contributed by atoms with Crippen molar-refractivity contribution in [3.8, 4) is 0 Å². The summed E-state index contributed by atoms with van der Waals surface area (Å²) in [7, 11) is 0. The first-order valence-corrected chi connectivity index (χ1v) is 11.5. The van der Waals surface area contributed by atoms with Crippen LogP contribution in [-0.4, -0.2) is 98.7 Å². The molecular weight excluding hydrogens is 556 g/mol. The number of carboxylic acids is 2. The van der Waals surface area contributed by atoms with Crippen molar-refractivity contribution in [1.82, 2.24) is 19.9 Å². The van der Waals surface area contributed by atoms with Gasteiger partial charge in [0.2, 0.25) is 0 Å². The number of anilines is 1. The van der Waals surface area contributed by atoms with E-state index in [9.17, 15) is 31.1 Å². The summed E-state index contributed by atoms with van der Waals surface area (Å²) in [5.74, 6) is -4.67. The van der Waals surface area contributed by atoms with Gasteiger partial charge in [-0.25, -0.2) is 19.6 Å². The van der Waals surface area contributed by atoms with Crippen molar-refractivity contribution in [3.05, 3.63) is 48.2 Å². The Morgan fingerprint density at radius 1 is 0.975 bits per heavy atom. The molecule has 2 aromatic heterocycles. The van der Waals surface area contributed by atoms with Crippen LogP contribution in [0.5, 0.6) is 0 Å². The first kappa shape index (κ1) is 32.2. The van der Waals surface area contributed by atoms with Crippen LogP contribution >= 0.6 is 0 Å². The Balaban J connectivity index is 0.000000333. The summed E-state index contributed by atoms with van der Waals surface area (Å²) < 4.78 is 69.7. The number of aromatic nitrogens is 3. The zero-order valence-corrected chi connectivity index (χ0v) is 20.9. The zero-order valence-electron chi connectivity index (χ0n) is 20.9. The van der Waals surface area contributed by atoms with Crippen molar-refractivity contribution in [2.75, 3.05) is 37.7 Å². The van der Waals surface area contributed by atoms with Crippen LogP contribution in [0.3, 0.4) is 0 Å². The number of halogens is 6. The van der Waals surface area contributed by atoms with Crippen LogP contribution in [0.4, 0.5) is 32.2 Å². The first-order valence-electron chi connectivity index (χ1n) is 11.5. The summed E-state index contributed by atoms with van der Waals surface area (Å²) in [5, 5.41) is 14.2. The lowest BCUT2D eigenvalue weighted by Gasteiger charge is -2.48. The fraction of sp³-hybridized carbons (Fsp3) is 0.478. The fourth-order valence-electron chi connectivity index (χ4n) is 3.84. The Morgan fingerprint density at radius 3 is 2.12 bits per heavy atom. The molecule has 0 aliphatic carbocycles. The van der Waals surface area contributed by atoms with Crippen LogP contribution in [0.15, 0.2) is 36.8 Å². The molecule has 2 N–H and O–H groups in total. The molecule has 2 aliphatic rings. The van der Waals surface area contributed by atoms with Gasteiger partial charge in [-0.2, -0.15) is 26.3 Å². The summed E-state index contributed by atoms with van der Waals surface area (Å²) >= 11 is 0. The van der Waals surface area contributed by atoms with Crippen molar-refractivity contribution in [1.29, 1.82) is 0 Å². The first-order chi connectivity index (χ1) is 18.5. The number of nitrogens with zero attached hydrogens (tertiary/aromatic N) is 5. The molecule has 2 saturated heterocycles. The molecule has 2 aliphatic heterocycles. The van der Waals surface area contributed by atoms with Gasteiger partial charge in [-0.3, -0.25) is 9.78 Å². The largest absolute Gasteiger partial charge is 0.490 e. The van der Waals surface area contributed by atoms with Gasteiger partial charge in [0.25, 0.3) is 5.91 Å². The number of morpholine rings is 1. The van der Waals surface area contributed by atoms with Crippen molar-refractivity contribution >= 4 is 23.7 Å². The molecule has 11 nitrogen and oxygen atoms in total. The van der Waals surface area contributed by atoms with E-state index in [4.69, 9.17) is 24.5 Å². The van der Waals surface area contributed by atoms with E-state index in [2.05, 4.69) is 19.9 Å². The SMILES string of the molecule is Cc1cccc(C(=O)N2CCOC3(CCCN(c4cnccn4)C3)C2)n1.O=C(O)C(F)(F)F.O=C(O)C(F)(F)F. The van der Waals surface area contributed by atoms with Gasteiger partial charge >= 0.3 is 24.3 Å². The van der Waals surface area contributed by atoms with Gasteiger partial charge in [-0.05, 0) is 31.9 Å². The van der Waals surface area contributed by atoms with E-state index >= 15 is 0 Å². The minimum absolute atomic E-state index is 0.0204. The standard InChI is InChI=1S/C19H23N5O2.2C2HF3O2/c1-15-4-2-5-16(22-15)18(25)24-10-11-26-19(14-24)6-3-9-23(13-19)17-12-20-7-8-21-17;2*3-2(4,5)1(6)7/h2,4-5,7-8,12H,3,6,9-11,13-14H2,1H3;2*(H,6,7). The topological polar surface area (TPSA) is 146 Å². The van der Waals surface area contributed by atoms with E-state index in [1.54, 1.807) is 24.7 Å². The average molecular weight is 581 g/mol. The highest BCUT2D eigenvalue weighted by atomic mass is 19.4. The lowest BCUT2D eigenvalue weighted by molar-refractivity contribution is -0.193. The Labute approximate surface area is 223 Å². The molecule has 2 aromatic rings. The number of aliphatic carboxylic acids is 2. The number of hydrogen-bond donors (Lipinski definition) is 2. The number of piperidine rings is 1. The molecular formula is C23H25F6N5O6. The van der Waals surface area contributed by atoms with E-state index in [1.165, 1.54) is 0 Å². The summed E-state index contributed by atoms with van der Waals surface area (Å²) in [5.41, 5.74) is 1.00. The number of carbonyl (C=O) groups is 3. The molecule has 4 heterocycles. The van der Waals surface area contributed by atoms with E-state index in [0.29, 0.717) is 25.4 Å². The lowest BCUT2D eigenvalue weighted by atomic mass is 9.90. The smallest absolute Gasteiger partial charge is 0.475 e. The van der Waals surface area contributed by atoms with Crippen LogP contribution in [0.25, 0.3) is 0 Å². The molecule has 0 bridgehead atoms. The third-order valence-electron chi connectivity index (χ3n) is 5.54. The minimum Gasteiger partial charge on any atom is -0.475 e. The summed E-state index contributed by atoms with van der Waals surface area (Å²) in [6, 6.07) is 5.56. The van der Waals surface area contributed by atoms with Crippen molar-refractivity contribution in [3.63, 3.8) is 0 Å². The molecule has 1 atom stereocenters. The van der Waals surface area contributed by atoms with Crippen LogP contribution < -0.4 is 4.90 Å². The Morgan fingerprint density at radius 2 is 1.60 bits per heavy atom. The maximum absolute atomic E-state index is 12.9. The predicted molar refractivity (Wildman–Crippen MR) is 124 cm³/mol. The van der Waals surface area contributed by atoms with Crippen LogP contribution in [0, 0.1) is 6.92 Å². The monoisotopic (exact) mass is 581 g/mol. The van der Waals surface area contributed by atoms with Gasteiger partial charge in [0.1, 0.15) is 17.1 Å². The Hall–Kier alpha value is -4.02. The predicted octanol–water partition coefficient (Wildman–Crippen LogP) is 2.96. The van der Waals surface area contributed by atoms with E-state index in [1.807, 2.05) is 24.0 Å². The molecule has 1 unspecified atom stereocenters. The van der Waals surface area contributed by atoms with Crippen molar-refractivity contribution < 1.29 is 55.7 Å². The van der Waals surface area contributed by atoms with E-state index < -0.39 is 24.3 Å². The maximum Gasteiger partial charge on any atom is 0.490 e. The highest BCUT2D eigenvalue weighted by Crippen LogP contribution is 2.31. The summed E-state index contributed by atoms with van der Waals surface area (Å²) in [6.45, 7) is 5.27. The lowest BCUT2D eigenvalue weighted by Crippen LogP contribution is -2.61. The van der Waals surface area contributed by atoms with E-state index in [0.717, 1.165) is 37.4 Å². The van der Waals surface area contributed by atoms with Crippen molar-refractivity contribution in [2.45, 2.75) is 37.7 Å². The number of hydrogen-bond acceptors (Lipinski definition) is 8. The highest BCUT2D eigenvalue weighted by molar-refractivity contribution is 5.92. The molecule has 0 aromatic carbocycles. The maximum atomic E-state index is 12.9. The molecule has 0 radical (unpaired) electrons. The van der Waals surface area contributed by atoms with Crippen molar-refractivity contribution in [2.24, 2.45) is 0 Å². The average Bonchev–Trinajstić information content (AvgIpc) is 2.88. The number of ether oxygens (including phenoxy) is 1. The highest BCUT2D eigenvalue weighted by Gasteiger charge is 2.42. The third-order valence-corrected chi connectivity index (χ3v) is 5.54. The summed E-state index contributed by atoms with van der Waals surface area (Å²) in [4.78, 5) is 47.7. The zero-order chi connectivity index (χ0) is 30.1. The van der Waals surface area contributed by atoms with Gasteiger partial charge in [-0.1, -0.05) is 6.07 Å². The van der Waals surface area contributed by atoms with Gasteiger partial charge < -0.3 is 24.7 Å². The third kappa shape index (κ3) is 9.62. The molecule has 40 heavy (non-hydrogen) atoms. The van der Waals surface area contributed by atoms with Gasteiger partial charge in [0.15, 0.2) is 0 Å². The van der Waals surface area contributed by atoms with Gasteiger partial charge in [0.05, 0.1) is 25.9 Å². The van der Waals surface area contributed by atoms with Gasteiger partial charge in [0, 0.05) is 31.2 Å². The molecule has 0 saturated carbocycles. The normalized spacial score (nSPS) is 19.1. The Kier molecular flexibility index (Phi) is 10.8. The molecule has 220 valence electrons. The quantitative estimate of drug-likeness (QED) is 0.508. The van der Waals surface area contributed by atoms with Crippen LogP contribution in [-0.2, 0) is 14.3 Å². The van der Waals surface area contributed by atoms with Crippen LogP contribution in [0.2, 0.25) is 0 Å². The molecule has 2 fully saturated rings. The second kappa shape index (κ2) is 13.4. The number of carbonyl (C=O) groups excluding carboxylic acids is 1. The number of amides is 1. The van der Waals surface area contributed by atoms with Gasteiger partial charge in [-0.15, -0.1) is 0 Å². The number of pyridine rings is 1. The molecule has 1 spiro atoms. The molecule has 17 heteroatoms. The number of alkyl halides is 6. The number of aryl methyl sites for hydroxylation is 1. The molecule has 4 rings (SSSR count). The molecule has 1 amide bonds. The Bertz CT molecular complexity index is 1140. The minimum atomic E-state index is -5.08. The second-order valence-electron chi connectivity index (χ2n) is 8.62. The van der Waals surface area contributed by atoms with Crippen LogP contribution in [0.1, 0.15) is 29.0 Å².